The van der Waals surface area contributed by atoms with E-state index in [4.69, 9.17) is 10.5 Å². The van der Waals surface area contributed by atoms with Crippen molar-refractivity contribution in [3.05, 3.63) is 41.6 Å². The highest BCUT2D eigenvalue weighted by Gasteiger charge is 2.12. The predicted octanol–water partition coefficient (Wildman–Crippen LogP) is 4.92. The predicted molar refractivity (Wildman–Crippen MR) is 97.2 cm³/mol. The van der Waals surface area contributed by atoms with Crippen LogP contribution in [-0.4, -0.2) is 11.5 Å². The molecule has 0 atom stereocenters. The number of nitrogens with two attached hydrogens (primary N) is 1. The molecule has 1 aromatic heterocycles. The maximum atomic E-state index is 6.25. The van der Waals surface area contributed by atoms with E-state index in [1.807, 2.05) is 38.1 Å². The Morgan fingerprint density at radius 1 is 1.13 bits per heavy atom. The molecule has 0 aliphatic rings. The monoisotopic (exact) mass is 313 g/mol. The number of ether oxygens (including phenoxy) is 1. The van der Waals surface area contributed by atoms with E-state index in [0.29, 0.717) is 17.5 Å². The van der Waals surface area contributed by atoms with Crippen molar-refractivity contribution in [3.63, 3.8) is 0 Å². The Balaban J connectivity index is 2.19. The fraction of sp³-hybridized carbons (Fsp3) is 0.421. The summed E-state index contributed by atoms with van der Waals surface area (Å²) in [5.41, 5.74) is 9.83. The second-order valence-corrected chi connectivity index (χ2v) is 5.96. The summed E-state index contributed by atoms with van der Waals surface area (Å²) in [7, 11) is 0. The van der Waals surface area contributed by atoms with Crippen LogP contribution >= 0.6 is 0 Å². The highest BCUT2D eigenvalue weighted by Crippen LogP contribution is 2.34. The molecule has 4 nitrogen and oxygen atoms in total. The van der Waals surface area contributed by atoms with Crippen molar-refractivity contribution >= 4 is 11.4 Å². The van der Waals surface area contributed by atoms with Gasteiger partial charge in [-0.05, 0) is 37.0 Å². The van der Waals surface area contributed by atoms with Crippen LogP contribution in [0.25, 0.3) is 0 Å². The number of benzene rings is 1. The maximum Gasteiger partial charge on any atom is 0.244 e. The summed E-state index contributed by atoms with van der Waals surface area (Å²) in [4.78, 5) is 4.30. The number of rotatable bonds is 7. The minimum atomic E-state index is 0.456. The molecule has 1 aromatic carbocycles. The summed E-state index contributed by atoms with van der Waals surface area (Å²) in [6, 6.07) is 7.96. The van der Waals surface area contributed by atoms with Crippen molar-refractivity contribution < 1.29 is 4.74 Å². The number of pyridine rings is 1. The average Bonchev–Trinajstić information content (AvgIpc) is 2.54. The van der Waals surface area contributed by atoms with E-state index in [9.17, 15) is 0 Å². The minimum absolute atomic E-state index is 0.456. The first-order valence-corrected chi connectivity index (χ1v) is 8.29. The first kappa shape index (κ1) is 17.1. The lowest BCUT2D eigenvalue weighted by Gasteiger charge is -2.17. The van der Waals surface area contributed by atoms with E-state index in [0.717, 1.165) is 42.0 Å². The summed E-state index contributed by atoms with van der Waals surface area (Å²) in [5.74, 6) is 1.92. The Labute approximate surface area is 139 Å². The Hall–Kier alpha value is -2.23. The Morgan fingerprint density at radius 3 is 2.39 bits per heavy atom. The molecule has 2 aromatic rings. The van der Waals surface area contributed by atoms with Crippen LogP contribution in [0.2, 0.25) is 0 Å². The van der Waals surface area contributed by atoms with Gasteiger partial charge in [0.2, 0.25) is 5.88 Å². The van der Waals surface area contributed by atoms with Crippen molar-refractivity contribution in [1.82, 2.24) is 4.98 Å². The quantitative estimate of drug-likeness (QED) is 0.761. The lowest BCUT2D eigenvalue weighted by molar-refractivity contribution is 0.458. The lowest BCUT2D eigenvalue weighted by Crippen LogP contribution is -2.14. The van der Waals surface area contributed by atoms with Crippen LogP contribution in [-0.2, 0) is 0 Å². The molecule has 0 amide bonds. The van der Waals surface area contributed by atoms with Gasteiger partial charge in [-0.1, -0.05) is 44.9 Å². The van der Waals surface area contributed by atoms with Crippen LogP contribution < -0.4 is 15.8 Å². The third-order valence-electron chi connectivity index (χ3n) is 4.30. The first-order chi connectivity index (χ1) is 11.1. The zero-order valence-electron chi connectivity index (χ0n) is 14.5. The third-order valence-corrected chi connectivity index (χ3v) is 4.30. The molecule has 0 aliphatic carbocycles. The van der Waals surface area contributed by atoms with Crippen LogP contribution in [0.3, 0.4) is 0 Å². The van der Waals surface area contributed by atoms with E-state index in [1.54, 1.807) is 6.20 Å². The van der Waals surface area contributed by atoms with Gasteiger partial charge in [-0.25, -0.2) is 4.98 Å². The molecular weight excluding hydrogens is 286 g/mol. The summed E-state index contributed by atoms with van der Waals surface area (Å²) in [6.07, 6.45) is 4.04. The summed E-state index contributed by atoms with van der Waals surface area (Å²) in [6.45, 7) is 9.37. The maximum absolute atomic E-state index is 6.25. The molecule has 0 saturated carbocycles. The molecule has 23 heavy (non-hydrogen) atoms. The zero-order chi connectivity index (χ0) is 16.8. The van der Waals surface area contributed by atoms with Gasteiger partial charge in [0.05, 0.1) is 5.69 Å². The number of nitrogens with zero attached hydrogens (tertiary/aromatic N) is 1. The van der Waals surface area contributed by atoms with Crippen molar-refractivity contribution in [1.29, 1.82) is 0 Å². The Kier molecular flexibility index (Phi) is 5.85. The van der Waals surface area contributed by atoms with Gasteiger partial charge >= 0.3 is 0 Å². The molecule has 3 N–H and O–H groups in total. The average molecular weight is 313 g/mol. The van der Waals surface area contributed by atoms with Gasteiger partial charge in [-0.3, -0.25) is 0 Å². The van der Waals surface area contributed by atoms with Gasteiger partial charge in [0.25, 0.3) is 0 Å². The molecule has 0 saturated heterocycles. The zero-order valence-corrected chi connectivity index (χ0v) is 14.5. The van der Waals surface area contributed by atoms with Crippen molar-refractivity contribution in [2.75, 3.05) is 17.6 Å². The second kappa shape index (κ2) is 7.86. The number of anilines is 2. The summed E-state index contributed by atoms with van der Waals surface area (Å²) >= 11 is 0. The van der Waals surface area contributed by atoms with E-state index in [-0.39, 0.29) is 0 Å². The minimum Gasteiger partial charge on any atom is -0.436 e. The molecular formula is C19H27N3O. The van der Waals surface area contributed by atoms with Crippen LogP contribution in [0.5, 0.6) is 11.6 Å². The van der Waals surface area contributed by atoms with Gasteiger partial charge in [-0.2, -0.15) is 0 Å². The topological polar surface area (TPSA) is 60.2 Å². The summed E-state index contributed by atoms with van der Waals surface area (Å²) in [5, 5.41) is 3.43. The largest absolute Gasteiger partial charge is 0.436 e. The van der Waals surface area contributed by atoms with Gasteiger partial charge < -0.3 is 15.8 Å². The number of nitrogens with one attached hydrogen (secondary N) is 1. The Bertz CT molecular complexity index is 631. The van der Waals surface area contributed by atoms with Crippen molar-refractivity contribution in [2.45, 2.75) is 40.5 Å². The molecule has 0 bridgehead atoms. The van der Waals surface area contributed by atoms with E-state index >= 15 is 0 Å². The standard InChI is InChI=1S/C19H27N3O/c1-5-15(6-2)12-22-16-10-11-21-19(17(16)20)23-18-13(3)8-7-9-14(18)4/h7-11,15H,5-6,12,20H2,1-4H3,(H,21,22). The number of para-hydroxylation sites is 1. The summed E-state index contributed by atoms with van der Waals surface area (Å²) < 4.78 is 5.99. The lowest BCUT2D eigenvalue weighted by atomic mass is 10.0. The second-order valence-electron chi connectivity index (χ2n) is 5.96. The molecule has 4 heteroatoms. The van der Waals surface area contributed by atoms with Crippen LogP contribution in [0.4, 0.5) is 11.4 Å². The van der Waals surface area contributed by atoms with E-state index < -0.39 is 0 Å². The molecule has 0 unspecified atom stereocenters. The molecule has 0 aliphatic heterocycles. The SMILES string of the molecule is CCC(CC)CNc1ccnc(Oc2c(C)cccc2C)c1N. The van der Waals surface area contributed by atoms with Crippen LogP contribution in [0.15, 0.2) is 30.5 Å². The molecule has 0 radical (unpaired) electrons. The van der Waals surface area contributed by atoms with Crippen molar-refractivity contribution in [2.24, 2.45) is 5.92 Å². The van der Waals surface area contributed by atoms with Crippen LogP contribution in [0.1, 0.15) is 37.8 Å². The molecule has 0 spiro atoms. The fourth-order valence-electron chi connectivity index (χ4n) is 2.58. The number of aryl methyl sites for hydroxylation is 2. The molecule has 2 rings (SSSR count). The highest BCUT2D eigenvalue weighted by atomic mass is 16.5. The van der Waals surface area contributed by atoms with Gasteiger partial charge in [-0.15, -0.1) is 0 Å². The molecule has 124 valence electrons. The van der Waals surface area contributed by atoms with Gasteiger partial charge in [0, 0.05) is 12.7 Å². The van der Waals surface area contributed by atoms with Gasteiger partial charge in [0.15, 0.2) is 0 Å². The first-order valence-electron chi connectivity index (χ1n) is 8.29. The fourth-order valence-corrected chi connectivity index (χ4v) is 2.58. The number of aromatic nitrogens is 1. The van der Waals surface area contributed by atoms with Crippen LogP contribution in [0, 0.1) is 19.8 Å². The molecule has 0 fully saturated rings. The van der Waals surface area contributed by atoms with Crippen molar-refractivity contribution in [3.8, 4) is 11.6 Å². The number of hydrogen-bond acceptors (Lipinski definition) is 4. The number of hydrogen-bond donors (Lipinski definition) is 2. The number of nitrogen functional groups attached to an aromatic ring is 1. The molecule has 1 heterocycles. The smallest absolute Gasteiger partial charge is 0.244 e. The third kappa shape index (κ3) is 4.15. The normalized spacial score (nSPS) is 10.8. The Morgan fingerprint density at radius 2 is 1.78 bits per heavy atom. The van der Waals surface area contributed by atoms with E-state index in [1.165, 1.54) is 0 Å². The van der Waals surface area contributed by atoms with Gasteiger partial charge in [0.1, 0.15) is 11.4 Å². The van der Waals surface area contributed by atoms with E-state index in [2.05, 4.69) is 24.1 Å². The highest BCUT2D eigenvalue weighted by molar-refractivity contribution is 5.71.